The maximum atomic E-state index is 5.65. The number of aromatic nitrogens is 1. The molecular formula is C17H18N2O2. The van der Waals surface area contributed by atoms with Crippen LogP contribution in [0, 0.1) is 0 Å². The molecular weight excluding hydrogens is 264 g/mol. The third kappa shape index (κ3) is 2.30. The van der Waals surface area contributed by atoms with Gasteiger partial charge in [0.15, 0.2) is 5.76 Å². The van der Waals surface area contributed by atoms with Crippen molar-refractivity contribution in [2.45, 2.75) is 18.5 Å². The number of rotatable bonds is 2. The van der Waals surface area contributed by atoms with E-state index in [0.717, 1.165) is 31.0 Å². The first-order valence-corrected chi connectivity index (χ1v) is 7.33. The Morgan fingerprint density at radius 2 is 1.90 bits per heavy atom. The lowest BCUT2D eigenvalue weighted by molar-refractivity contribution is -0.0221. The lowest BCUT2D eigenvalue weighted by Crippen LogP contribution is -2.51. The number of benzene rings is 1. The van der Waals surface area contributed by atoms with Gasteiger partial charge in [0, 0.05) is 17.7 Å². The molecule has 108 valence electrons. The zero-order chi connectivity index (χ0) is 14.2. The highest BCUT2D eigenvalue weighted by atomic mass is 16.5. The van der Waals surface area contributed by atoms with E-state index in [1.165, 1.54) is 11.1 Å². The summed E-state index contributed by atoms with van der Waals surface area (Å²) in [5, 5.41) is 3.75. The summed E-state index contributed by atoms with van der Waals surface area (Å²) in [4.78, 5) is 2.43. The van der Waals surface area contributed by atoms with Gasteiger partial charge < -0.3 is 9.26 Å². The second-order valence-corrected chi connectivity index (χ2v) is 5.77. The lowest BCUT2D eigenvalue weighted by atomic mass is 9.90. The lowest BCUT2D eigenvalue weighted by Gasteiger charge is -2.42. The minimum atomic E-state index is 0.404. The van der Waals surface area contributed by atoms with Crippen LogP contribution in [-0.4, -0.2) is 42.4 Å². The molecule has 1 aromatic heterocycles. The van der Waals surface area contributed by atoms with E-state index in [1.54, 1.807) is 6.20 Å². The molecule has 4 heteroatoms. The van der Waals surface area contributed by atoms with Gasteiger partial charge in [0.05, 0.1) is 25.5 Å². The van der Waals surface area contributed by atoms with E-state index in [1.807, 2.05) is 6.07 Å². The van der Waals surface area contributed by atoms with Crippen molar-refractivity contribution in [3.63, 3.8) is 0 Å². The fourth-order valence-corrected chi connectivity index (χ4v) is 3.18. The zero-order valence-corrected chi connectivity index (χ0v) is 12.0. The Bertz CT molecular complexity index is 646. The molecule has 0 spiro atoms. The highest BCUT2D eigenvalue weighted by molar-refractivity contribution is 5.70. The van der Waals surface area contributed by atoms with Crippen LogP contribution < -0.4 is 0 Å². The van der Waals surface area contributed by atoms with Gasteiger partial charge in [-0.1, -0.05) is 35.5 Å². The van der Waals surface area contributed by atoms with Crippen LogP contribution in [0.4, 0.5) is 0 Å². The van der Waals surface area contributed by atoms with Gasteiger partial charge in [0.2, 0.25) is 0 Å². The van der Waals surface area contributed by atoms with Crippen molar-refractivity contribution in [2.75, 3.05) is 20.3 Å². The van der Waals surface area contributed by atoms with Crippen molar-refractivity contribution in [1.82, 2.24) is 10.1 Å². The maximum Gasteiger partial charge on any atom is 0.166 e. The van der Waals surface area contributed by atoms with Crippen LogP contribution in [0.5, 0.6) is 0 Å². The Morgan fingerprint density at radius 3 is 2.62 bits per heavy atom. The van der Waals surface area contributed by atoms with Gasteiger partial charge in [-0.05, 0) is 24.6 Å². The second-order valence-electron chi connectivity index (χ2n) is 5.77. The summed E-state index contributed by atoms with van der Waals surface area (Å²) in [5.41, 5.74) is 3.78. The fourth-order valence-electron chi connectivity index (χ4n) is 3.18. The minimum absolute atomic E-state index is 0.404. The first-order valence-electron chi connectivity index (χ1n) is 7.33. The van der Waals surface area contributed by atoms with E-state index in [-0.39, 0.29) is 0 Å². The molecule has 0 radical (unpaired) electrons. The van der Waals surface area contributed by atoms with Gasteiger partial charge in [-0.15, -0.1) is 0 Å². The predicted molar refractivity (Wildman–Crippen MR) is 80.7 cm³/mol. The average molecular weight is 282 g/mol. The first kappa shape index (κ1) is 12.8. The van der Waals surface area contributed by atoms with Crippen LogP contribution in [-0.2, 0) is 4.74 Å². The normalized spacial score (nSPS) is 25.7. The molecule has 2 aliphatic rings. The van der Waals surface area contributed by atoms with Gasteiger partial charge in [0.1, 0.15) is 0 Å². The third-order valence-corrected chi connectivity index (χ3v) is 4.53. The van der Waals surface area contributed by atoms with Crippen LogP contribution in [0.25, 0.3) is 16.9 Å². The van der Waals surface area contributed by atoms with Crippen molar-refractivity contribution in [2.24, 2.45) is 0 Å². The summed E-state index contributed by atoms with van der Waals surface area (Å²) < 4.78 is 10.8. The summed E-state index contributed by atoms with van der Waals surface area (Å²) in [7, 11) is 2.19. The number of ether oxygens (including phenoxy) is 1. The number of likely N-dealkylation sites (N-methyl/N-ethyl adjacent to an activating group) is 1. The van der Waals surface area contributed by atoms with Crippen LogP contribution in [0.15, 0.2) is 47.1 Å². The van der Waals surface area contributed by atoms with E-state index in [2.05, 4.69) is 47.4 Å². The van der Waals surface area contributed by atoms with Crippen molar-refractivity contribution in [3.8, 4) is 11.3 Å². The highest BCUT2D eigenvalue weighted by Crippen LogP contribution is 2.32. The first-order chi connectivity index (χ1) is 10.3. The molecule has 4 nitrogen and oxygen atoms in total. The van der Waals surface area contributed by atoms with Gasteiger partial charge in [-0.25, -0.2) is 0 Å². The van der Waals surface area contributed by atoms with Crippen molar-refractivity contribution in [3.05, 3.63) is 48.2 Å². The van der Waals surface area contributed by atoms with Gasteiger partial charge in [-0.3, -0.25) is 4.90 Å². The van der Waals surface area contributed by atoms with Gasteiger partial charge in [0.25, 0.3) is 0 Å². The number of nitrogens with zero attached hydrogens (tertiary/aromatic N) is 2. The third-order valence-electron chi connectivity index (χ3n) is 4.53. The molecule has 0 N–H and O–H groups in total. The van der Waals surface area contributed by atoms with E-state index in [0.29, 0.717) is 12.1 Å². The van der Waals surface area contributed by atoms with Crippen LogP contribution >= 0.6 is 0 Å². The van der Waals surface area contributed by atoms with Gasteiger partial charge >= 0.3 is 0 Å². The summed E-state index contributed by atoms with van der Waals surface area (Å²) >= 11 is 0. The number of hydrogen-bond acceptors (Lipinski definition) is 4. The SMILES string of the molecule is CN1C2C=C(c3ccc(-c4ccno4)cc3)CC1COC2. The monoisotopic (exact) mass is 282 g/mol. The fraction of sp³-hybridized carbons (Fsp3) is 0.353. The Labute approximate surface area is 124 Å². The largest absolute Gasteiger partial charge is 0.378 e. The van der Waals surface area contributed by atoms with E-state index < -0.39 is 0 Å². The molecule has 0 saturated carbocycles. The smallest absolute Gasteiger partial charge is 0.166 e. The molecule has 2 aliphatic heterocycles. The Kier molecular flexibility index (Phi) is 3.13. The van der Waals surface area contributed by atoms with Crippen molar-refractivity contribution >= 4 is 5.57 Å². The molecule has 4 rings (SSSR count). The molecule has 2 atom stereocenters. The molecule has 2 aromatic rings. The molecule has 0 aliphatic carbocycles. The molecule has 0 amide bonds. The van der Waals surface area contributed by atoms with Crippen LogP contribution in [0.2, 0.25) is 0 Å². The predicted octanol–water partition coefficient (Wildman–Crippen LogP) is 2.83. The van der Waals surface area contributed by atoms with Gasteiger partial charge in [-0.2, -0.15) is 0 Å². The van der Waals surface area contributed by atoms with Crippen LogP contribution in [0.3, 0.4) is 0 Å². The Hall–Kier alpha value is -1.91. The van der Waals surface area contributed by atoms with Crippen LogP contribution in [0.1, 0.15) is 12.0 Å². The highest BCUT2D eigenvalue weighted by Gasteiger charge is 2.32. The zero-order valence-electron chi connectivity index (χ0n) is 12.0. The molecule has 3 heterocycles. The number of hydrogen-bond donors (Lipinski definition) is 0. The quantitative estimate of drug-likeness (QED) is 0.849. The standard InChI is InChI=1S/C17H18N2O2/c1-19-15-8-14(9-16(19)11-20-10-15)12-2-4-13(5-3-12)17-6-7-18-21-17/h2-8,15-16H,9-11H2,1H3. The molecule has 2 bridgehead atoms. The number of fused-ring (bicyclic) bond motifs is 2. The van der Waals surface area contributed by atoms with Crippen molar-refractivity contribution in [1.29, 1.82) is 0 Å². The second kappa shape index (κ2) is 5.13. The average Bonchev–Trinajstić information content (AvgIpc) is 3.01. The molecule has 1 fully saturated rings. The van der Waals surface area contributed by atoms with E-state index in [4.69, 9.17) is 9.26 Å². The summed E-state index contributed by atoms with van der Waals surface area (Å²) in [5.74, 6) is 0.809. The molecule has 1 aromatic carbocycles. The Balaban J connectivity index is 1.62. The summed E-state index contributed by atoms with van der Waals surface area (Å²) in [6.07, 6.45) is 5.07. The van der Waals surface area contributed by atoms with Crippen molar-refractivity contribution < 1.29 is 9.26 Å². The molecule has 21 heavy (non-hydrogen) atoms. The molecule has 1 saturated heterocycles. The Morgan fingerprint density at radius 1 is 1.10 bits per heavy atom. The summed E-state index contributed by atoms with van der Waals surface area (Å²) in [6.45, 7) is 1.63. The van der Waals surface area contributed by atoms with E-state index >= 15 is 0 Å². The minimum Gasteiger partial charge on any atom is -0.378 e. The molecule has 2 unspecified atom stereocenters. The summed E-state index contributed by atoms with van der Waals surface area (Å²) in [6, 6.07) is 11.3. The number of morpholine rings is 1. The maximum absolute atomic E-state index is 5.65. The topological polar surface area (TPSA) is 38.5 Å². The van der Waals surface area contributed by atoms with E-state index in [9.17, 15) is 0 Å².